The second-order valence-electron chi connectivity index (χ2n) is 7.39. The Bertz CT molecular complexity index is 1270. The first-order chi connectivity index (χ1) is 17.9. The summed E-state index contributed by atoms with van der Waals surface area (Å²) in [6.45, 7) is 14.9. The van der Waals surface area contributed by atoms with Crippen molar-refractivity contribution in [2.45, 2.75) is 61.4 Å². The van der Waals surface area contributed by atoms with E-state index in [4.69, 9.17) is 0 Å². The van der Waals surface area contributed by atoms with Gasteiger partial charge >= 0.3 is 0 Å². The van der Waals surface area contributed by atoms with Crippen LogP contribution in [0.3, 0.4) is 0 Å². The maximum atomic E-state index is 14.3. The van der Waals surface area contributed by atoms with Crippen molar-refractivity contribution in [1.29, 1.82) is 0 Å². The molecule has 0 aliphatic heterocycles. The van der Waals surface area contributed by atoms with Gasteiger partial charge in [0.15, 0.2) is 0 Å². The lowest BCUT2D eigenvalue weighted by Gasteiger charge is -2.11. The molecule has 0 fully saturated rings. The number of hydrogen-bond donors (Lipinski definition) is 1. The summed E-state index contributed by atoms with van der Waals surface area (Å²) in [5.74, 6) is -0.757. The molecule has 0 spiro atoms. The molecular weight excluding hydrogens is 474 g/mol. The molecule has 200 valence electrons. The minimum absolute atomic E-state index is 0.157. The van der Waals surface area contributed by atoms with Crippen molar-refractivity contribution in [2.75, 3.05) is 6.61 Å². The Morgan fingerprint density at radius 3 is 2.32 bits per heavy atom. The van der Waals surface area contributed by atoms with Crippen LogP contribution in [0.25, 0.3) is 22.0 Å². The molecule has 2 heterocycles. The molecule has 0 aliphatic carbocycles. The molecule has 0 saturated heterocycles. The molecule has 0 atom stereocenters. The van der Waals surface area contributed by atoms with E-state index in [9.17, 15) is 18.7 Å². The molecule has 2 aromatic carbocycles. The van der Waals surface area contributed by atoms with Crippen molar-refractivity contribution < 1.29 is 23.4 Å². The van der Waals surface area contributed by atoms with Crippen molar-refractivity contribution >= 4 is 17.4 Å². The molecule has 0 amide bonds. The highest BCUT2D eigenvalue weighted by molar-refractivity contribution is 5.99. The molecule has 0 unspecified atom stereocenters. The first-order valence-electron chi connectivity index (χ1n) is 12.7. The van der Waals surface area contributed by atoms with Crippen LogP contribution in [0, 0.1) is 18.6 Å². The highest BCUT2D eigenvalue weighted by Crippen LogP contribution is 2.38. The summed E-state index contributed by atoms with van der Waals surface area (Å²) in [6, 6.07) is 12.5. The van der Waals surface area contributed by atoms with Gasteiger partial charge in [0.05, 0.1) is 13.2 Å². The van der Waals surface area contributed by atoms with Crippen molar-refractivity contribution in [2.24, 2.45) is 0 Å². The van der Waals surface area contributed by atoms with E-state index in [0.717, 1.165) is 52.0 Å². The minimum atomic E-state index is -0.469. The van der Waals surface area contributed by atoms with Crippen molar-refractivity contribution in [3.8, 4) is 16.9 Å². The van der Waals surface area contributed by atoms with Gasteiger partial charge in [-0.3, -0.25) is 9.78 Å². The number of hydrogen-bond acceptors (Lipinski definition) is 4. The molecule has 0 bridgehead atoms. The molecule has 7 heteroatoms. The van der Waals surface area contributed by atoms with Crippen LogP contribution >= 0.6 is 0 Å². The molecule has 4 rings (SSSR count). The average Bonchev–Trinajstić information content (AvgIpc) is 3.19. The highest BCUT2D eigenvalue weighted by atomic mass is 19.1. The fourth-order valence-electron chi connectivity index (χ4n) is 3.86. The first kappa shape index (κ1) is 31.3. The quantitative estimate of drug-likeness (QED) is 0.267. The topological polar surface area (TPSA) is 64.3 Å². The van der Waals surface area contributed by atoms with Gasteiger partial charge in [-0.2, -0.15) is 0 Å². The van der Waals surface area contributed by atoms with E-state index in [2.05, 4.69) is 9.72 Å². The Hall–Kier alpha value is -3.74. The van der Waals surface area contributed by atoms with Crippen LogP contribution in [0.1, 0.15) is 58.5 Å². The van der Waals surface area contributed by atoms with E-state index in [1.807, 2.05) is 58.2 Å². The van der Waals surface area contributed by atoms with E-state index < -0.39 is 11.6 Å². The number of aromatic hydroxyl groups is 1. The Morgan fingerprint density at radius 1 is 1.03 bits per heavy atom. The van der Waals surface area contributed by atoms with Crippen molar-refractivity contribution in [1.82, 2.24) is 9.55 Å². The predicted octanol–water partition coefficient (Wildman–Crippen LogP) is 7.84. The number of rotatable bonds is 6. The van der Waals surface area contributed by atoms with Gasteiger partial charge in [0, 0.05) is 45.2 Å². The molecule has 5 nitrogen and oxygen atoms in total. The van der Waals surface area contributed by atoms with Crippen LogP contribution < -0.4 is 0 Å². The summed E-state index contributed by atoms with van der Waals surface area (Å²) < 4.78 is 34.0. The monoisotopic (exact) mass is 512 g/mol. The highest BCUT2D eigenvalue weighted by Gasteiger charge is 2.19. The van der Waals surface area contributed by atoms with Crippen LogP contribution in [0.5, 0.6) is 5.75 Å². The molecule has 0 radical (unpaired) electrons. The third-order valence-corrected chi connectivity index (χ3v) is 5.37. The van der Waals surface area contributed by atoms with Gasteiger partial charge in [-0.05, 0) is 62.7 Å². The molecular formula is C30H38F2N2O3. The Kier molecular flexibility index (Phi) is 13.6. The Labute approximate surface area is 218 Å². The number of fused-ring (bicyclic) bond motifs is 1. The summed E-state index contributed by atoms with van der Waals surface area (Å²) in [4.78, 5) is 13.7. The Morgan fingerprint density at radius 2 is 1.73 bits per heavy atom. The molecule has 4 aromatic rings. The fraction of sp³-hybridized carbons (Fsp3) is 0.333. The van der Waals surface area contributed by atoms with Gasteiger partial charge in [0.1, 0.15) is 17.4 Å². The number of pyridine rings is 1. The van der Waals surface area contributed by atoms with E-state index in [1.54, 1.807) is 31.3 Å². The van der Waals surface area contributed by atoms with Crippen LogP contribution in [-0.4, -0.2) is 27.7 Å². The maximum Gasteiger partial charge on any atom is 0.293 e. The molecule has 1 N–H and O–H groups in total. The van der Waals surface area contributed by atoms with E-state index in [1.165, 1.54) is 6.07 Å². The summed E-state index contributed by atoms with van der Waals surface area (Å²) in [6.07, 6.45) is 2.52. The van der Waals surface area contributed by atoms with Crippen LogP contribution in [0.15, 0.2) is 54.7 Å². The zero-order valence-electron chi connectivity index (χ0n) is 22.8. The summed E-state index contributed by atoms with van der Waals surface area (Å²) >= 11 is 0. The zero-order valence-corrected chi connectivity index (χ0v) is 22.8. The minimum Gasteiger partial charge on any atom is -0.508 e. The molecule has 0 aliphatic rings. The molecule has 0 saturated carbocycles. The van der Waals surface area contributed by atoms with Crippen molar-refractivity contribution in [3.05, 3.63) is 83.3 Å². The lowest BCUT2D eigenvalue weighted by Crippen LogP contribution is -2.04. The van der Waals surface area contributed by atoms with Gasteiger partial charge < -0.3 is 14.4 Å². The van der Waals surface area contributed by atoms with Crippen LogP contribution in [0.4, 0.5) is 8.78 Å². The number of halogens is 2. The second-order valence-corrected chi connectivity index (χ2v) is 7.39. The lowest BCUT2D eigenvalue weighted by atomic mass is 9.99. The average molecular weight is 513 g/mol. The Balaban J connectivity index is 0.000000671. The normalized spacial score (nSPS) is 9.76. The smallest absolute Gasteiger partial charge is 0.293 e. The number of aryl methyl sites for hydroxylation is 1. The number of phenols is 1. The number of aromatic nitrogens is 2. The fourth-order valence-corrected chi connectivity index (χ4v) is 3.86. The number of ether oxygens (including phenoxy) is 1. The lowest BCUT2D eigenvalue weighted by molar-refractivity contribution is -0.128. The zero-order chi connectivity index (χ0) is 28.0. The standard InChI is InChI=1S/C23H20F2N2O.C3H6O2.2C2H6/c1-3-21-18(5-4-10-26-21)23-14(2)27(22-9-7-17(28)12-19(22)23)13-15-11-16(24)6-8-20(15)25;1-2-5-3-4;2*1-2/h4-12,28H,3,13H2,1-2H3;3H,2H2,1H3;2*1-2H3. The maximum absolute atomic E-state index is 14.3. The third kappa shape index (κ3) is 7.87. The number of carbonyl (C=O) groups excluding carboxylic acids is 1. The number of benzene rings is 2. The van der Waals surface area contributed by atoms with E-state index in [0.29, 0.717) is 13.1 Å². The molecule has 37 heavy (non-hydrogen) atoms. The van der Waals surface area contributed by atoms with Gasteiger partial charge in [-0.15, -0.1) is 0 Å². The third-order valence-electron chi connectivity index (χ3n) is 5.37. The van der Waals surface area contributed by atoms with E-state index >= 15 is 0 Å². The largest absolute Gasteiger partial charge is 0.508 e. The predicted molar refractivity (Wildman–Crippen MR) is 147 cm³/mol. The van der Waals surface area contributed by atoms with E-state index in [-0.39, 0.29) is 17.9 Å². The van der Waals surface area contributed by atoms with Crippen molar-refractivity contribution in [3.63, 3.8) is 0 Å². The summed E-state index contributed by atoms with van der Waals surface area (Å²) in [5.41, 5.74) is 4.92. The van der Waals surface area contributed by atoms with Gasteiger partial charge in [0.25, 0.3) is 6.47 Å². The second kappa shape index (κ2) is 16.1. The number of phenolic OH excluding ortho intramolecular Hbond substituents is 1. The van der Waals surface area contributed by atoms with Gasteiger partial charge in [0.2, 0.25) is 0 Å². The van der Waals surface area contributed by atoms with Gasteiger partial charge in [-0.25, -0.2) is 8.78 Å². The first-order valence-corrected chi connectivity index (χ1v) is 12.7. The van der Waals surface area contributed by atoms with Crippen LogP contribution in [-0.2, 0) is 22.5 Å². The number of nitrogens with zero attached hydrogens (tertiary/aromatic N) is 2. The summed E-state index contributed by atoms with van der Waals surface area (Å²) in [5, 5.41) is 10.9. The SMILES string of the molecule is CC.CC.CCOC=O.CCc1ncccc1-c1c(C)n(Cc2cc(F)ccc2F)c2ccc(O)cc12. The van der Waals surface area contributed by atoms with Crippen LogP contribution in [0.2, 0.25) is 0 Å². The van der Waals surface area contributed by atoms with Gasteiger partial charge in [-0.1, -0.05) is 40.7 Å². The summed E-state index contributed by atoms with van der Waals surface area (Å²) in [7, 11) is 0. The number of carbonyl (C=O) groups is 1. The molecule has 2 aromatic heterocycles.